The highest BCUT2D eigenvalue weighted by atomic mass is 32.1. The number of nitrogens with zero attached hydrogens (tertiary/aromatic N) is 4. The summed E-state index contributed by atoms with van der Waals surface area (Å²) in [4.78, 5) is 24.5. The molecule has 5 rings (SSSR count). The van der Waals surface area contributed by atoms with Crippen molar-refractivity contribution in [2.75, 3.05) is 23.3 Å². The molecule has 2 aromatic carbocycles. The van der Waals surface area contributed by atoms with Crippen molar-refractivity contribution in [1.29, 1.82) is 0 Å². The number of hydrogen-bond donors (Lipinski definition) is 2. The zero-order valence-electron chi connectivity index (χ0n) is 16.4. The first-order valence-corrected chi connectivity index (χ1v) is 10.6. The van der Waals surface area contributed by atoms with Gasteiger partial charge in [-0.2, -0.15) is 0 Å². The first-order chi connectivity index (χ1) is 15.4. The largest absolute Gasteiger partial charge is 0.368 e. The Morgan fingerprint density at radius 2 is 1.84 bits per heavy atom. The number of anilines is 2. The van der Waals surface area contributed by atoms with Gasteiger partial charge in [0, 0.05) is 54.7 Å². The molecule has 3 aromatic rings. The molecule has 9 nitrogen and oxygen atoms in total. The zero-order valence-corrected chi connectivity index (χ0v) is 17.2. The maximum absolute atomic E-state index is 14.0. The van der Waals surface area contributed by atoms with Crippen molar-refractivity contribution >= 4 is 33.9 Å². The fourth-order valence-electron chi connectivity index (χ4n) is 4.08. The van der Waals surface area contributed by atoms with E-state index in [0.717, 1.165) is 17.4 Å². The molecular formula is C20H16F2N6O3S. The van der Waals surface area contributed by atoms with Crippen molar-refractivity contribution in [3.8, 4) is 10.6 Å². The number of non-ortho nitro benzene ring substituents is 1. The average Bonchev–Trinajstić information content (AvgIpc) is 3.13. The highest BCUT2D eigenvalue weighted by Crippen LogP contribution is 2.47. The Morgan fingerprint density at radius 3 is 2.50 bits per heavy atom. The van der Waals surface area contributed by atoms with Crippen LogP contribution in [0.4, 0.5) is 30.1 Å². The van der Waals surface area contributed by atoms with Crippen molar-refractivity contribution in [2.45, 2.75) is 6.04 Å². The van der Waals surface area contributed by atoms with E-state index in [1.807, 2.05) is 4.90 Å². The third-order valence-corrected chi connectivity index (χ3v) is 6.60. The topological polar surface area (TPSA) is 113 Å². The number of amides is 2. The van der Waals surface area contributed by atoms with Gasteiger partial charge in [-0.1, -0.05) is 11.3 Å². The second-order valence-corrected chi connectivity index (χ2v) is 8.65. The Bertz CT molecular complexity index is 1190. The van der Waals surface area contributed by atoms with Crippen LogP contribution < -0.4 is 15.5 Å². The van der Waals surface area contributed by atoms with Crippen LogP contribution in [0.25, 0.3) is 10.6 Å². The van der Waals surface area contributed by atoms with Crippen molar-refractivity contribution < 1.29 is 18.5 Å². The molecule has 2 aliphatic rings. The number of nitrogens with one attached hydrogen (secondary N) is 2. The second-order valence-electron chi connectivity index (χ2n) is 7.67. The summed E-state index contributed by atoms with van der Waals surface area (Å²) in [6.45, 7) is 1.17. The lowest BCUT2D eigenvalue weighted by Gasteiger charge is -2.22. The molecule has 164 valence electrons. The number of nitro groups is 1. The van der Waals surface area contributed by atoms with Crippen LogP contribution in [0, 0.1) is 33.6 Å². The maximum atomic E-state index is 14.0. The van der Waals surface area contributed by atoms with E-state index in [1.54, 1.807) is 12.1 Å². The van der Waals surface area contributed by atoms with E-state index in [0.29, 0.717) is 34.5 Å². The molecule has 0 radical (unpaired) electrons. The molecule has 1 aliphatic heterocycles. The van der Waals surface area contributed by atoms with E-state index < -0.39 is 22.6 Å². The third-order valence-electron chi connectivity index (χ3n) is 5.71. The Hall–Kier alpha value is -3.67. The lowest BCUT2D eigenvalue weighted by molar-refractivity contribution is -0.384. The quantitative estimate of drug-likeness (QED) is 0.446. The summed E-state index contributed by atoms with van der Waals surface area (Å²) in [7, 11) is 0. The van der Waals surface area contributed by atoms with Gasteiger partial charge in [0.2, 0.25) is 5.13 Å². The molecule has 12 heteroatoms. The second kappa shape index (κ2) is 7.79. The van der Waals surface area contributed by atoms with Crippen LogP contribution in [0.1, 0.15) is 0 Å². The summed E-state index contributed by atoms with van der Waals surface area (Å²) < 4.78 is 27.1. The number of aromatic nitrogens is 2. The standard InChI is InChI=1S/C20H16F2N6O3S/c21-11-3-6-16(15(22)7-11)27-8-13-14(9-27)17(13)23-19(29)24-20-26-25-18(32-20)10-1-4-12(5-2-10)28(30)31/h1-7,13-14,17H,8-9H2,(H2,23,24,26,29)/t13-,14+,17+. The molecule has 0 unspecified atom stereocenters. The molecule has 1 aromatic heterocycles. The number of hydrogen-bond acceptors (Lipinski definition) is 7. The first-order valence-electron chi connectivity index (χ1n) is 9.75. The number of benzene rings is 2. The molecule has 2 fully saturated rings. The Kier molecular flexibility index (Phi) is 4.93. The number of halogens is 2. The molecular weight excluding hydrogens is 442 g/mol. The number of rotatable bonds is 5. The van der Waals surface area contributed by atoms with Gasteiger partial charge in [0.1, 0.15) is 16.6 Å². The molecule has 1 saturated carbocycles. The monoisotopic (exact) mass is 458 g/mol. The Morgan fingerprint density at radius 1 is 1.12 bits per heavy atom. The van der Waals surface area contributed by atoms with Crippen LogP contribution in [-0.4, -0.2) is 40.3 Å². The summed E-state index contributed by atoms with van der Waals surface area (Å²) in [5.41, 5.74) is 1.01. The number of urea groups is 1. The number of carbonyl (C=O) groups excluding carboxylic acids is 1. The maximum Gasteiger partial charge on any atom is 0.321 e. The molecule has 1 saturated heterocycles. The molecule has 2 N–H and O–H groups in total. The molecule has 2 amide bonds. The lowest BCUT2D eigenvalue weighted by atomic mass is 10.2. The molecule has 1 aliphatic carbocycles. The van der Waals surface area contributed by atoms with E-state index in [2.05, 4.69) is 20.8 Å². The highest BCUT2D eigenvalue weighted by molar-refractivity contribution is 7.18. The number of piperidine rings is 1. The van der Waals surface area contributed by atoms with Crippen LogP contribution in [-0.2, 0) is 0 Å². The predicted octanol–water partition coefficient (Wildman–Crippen LogP) is 3.65. The molecule has 0 bridgehead atoms. The zero-order chi connectivity index (χ0) is 22.4. The number of nitro benzene ring substituents is 1. The fraction of sp³-hybridized carbons (Fsp3) is 0.250. The summed E-state index contributed by atoms with van der Waals surface area (Å²) in [5, 5.41) is 25.1. The highest BCUT2D eigenvalue weighted by Gasteiger charge is 2.56. The van der Waals surface area contributed by atoms with Gasteiger partial charge in [0.05, 0.1) is 10.6 Å². The van der Waals surface area contributed by atoms with Gasteiger partial charge in [-0.05, 0) is 24.3 Å². The van der Waals surface area contributed by atoms with E-state index in [1.165, 1.54) is 24.3 Å². The van der Waals surface area contributed by atoms with E-state index in [9.17, 15) is 23.7 Å². The van der Waals surface area contributed by atoms with E-state index >= 15 is 0 Å². The Balaban J connectivity index is 1.14. The lowest BCUT2D eigenvalue weighted by Crippen LogP contribution is -2.37. The van der Waals surface area contributed by atoms with Gasteiger partial charge in [-0.15, -0.1) is 10.2 Å². The van der Waals surface area contributed by atoms with Crippen LogP contribution >= 0.6 is 11.3 Å². The minimum absolute atomic E-state index is 0.0168. The summed E-state index contributed by atoms with van der Waals surface area (Å²) in [6.07, 6.45) is 0. The smallest absolute Gasteiger partial charge is 0.321 e. The number of carbonyl (C=O) groups is 1. The average molecular weight is 458 g/mol. The van der Waals surface area contributed by atoms with Crippen molar-refractivity contribution in [1.82, 2.24) is 15.5 Å². The van der Waals surface area contributed by atoms with Crippen LogP contribution in [0.3, 0.4) is 0 Å². The van der Waals surface area contributed by atoms with Crippen LogP contribution in [0.15, 0.2) is 42.5 Å². The first kappa shape index (κ1) is 20.2. The third kappa shape index (κ3) is 3.84. The van der Waals surface area contributed by atoms with Crippen LogP contribution in [0.2, 0.25) is 0 Å². The van der Waals surface area contributed by atoms with Crippen molar-refractivity contribution in [3.05, 3.63) is 64.2 Å². The predicted molar refractivity (Wildman–Crippen MR) is 113 cm³/mol. The molecule has 32 heavy (non-hydrogen) atoms. The summed E-state index contributed by atoms with van der Waals surface area (Å²) in [5.74, 6) is -0.792. The number of fused-ring (bicyclic) bond motifs is 1. The van der Waals surface area contributed by atoms with Gasteiger partial charge >= 0.3 is 6.03 Å². The van der Waals surface area contributed by atoms with Crippen molar-refractivity contribution in [2.24, 2.45) is 11.8 Å². The van der Waals surface area contributed by atoms with Crippen LogP contribution in [0.5, 0.6) is 0 Å². The molecule has 2 heterocycles. The fourth-order valence-corrected chi connectivity index (χ4v) is 4.82. The SMILES string of the molecule is O=C(Nc1nnc(-c2ccc([N+](=O)[O-])cc2)s1)N[C@H]1[C@@H]2CN(c3ccc(F)cc3F)C[C@@H]21. The van der Waals surface area contributed by atoms with Crippen molar-refractivity contribution in [3.63, 3.8) is 0 Å². The van der Waals surface area contributed by atoms with Gasteiger partial charge < -0.3 is 10.2 Å². The summed E-state index contributed by atoms with van der Waals surface area (Å²) >= 11 is 1.15. The van der Waals surface area contributed by atoms with Gasteiger partial charge in [0.15, 0.2) is 0 Å². The van der Waals surface area contributed by atoms with Gasteiger partial charge in [0.25, 0.3) is 5.69 Å². The van der Waals surface area contributed by atoms with Gasteiger partial charge in [-0.25, -0.2) is 13.6 Å². The van der Waals surface area contributed by atoms with E-state index in [-0.39, 0.29) is 23.6 Å². The summed E-state index contributed by atoms with van der Waals surface area (Å²) in [6, 6.07) is 9.02. The molecule has 3 atom stereocenters. The normalized spacial score (nSPS) is 21.2. The minimum atomic E-state index is -0.611. The van der Waals surface area contributed by atoms with E-state index in [4.69, 9.17) is 0 Å². The minimum Gasteiger partial charge on any atom is -0.368 e. The Labute approximate surface area is 184 Å². The molecule has 0 spiro atoms. The van der Waals surface area contributed by atoms with Gasteiger partial charge in [-0.3, -0.25) is 15.4 Å².